The molecule has 0 heterocycles. The van der Waals surface area contributed by atoms with Crippen LogP contribution in [0.2, 0.25) is 0 Å². The summed E-state index contributed by atoms with van der Waals surface area (Å²) >= 11 is 0. The second kappa shape index (κ2) is 6.39. The SMILES string of the molecule is CN(CCC(=O)O)C(=O)c1ccc(NC(N)=O)cc1. The summed E-state index contributed by atoms with van der Waals surface area (Å²) in [4.78, 5) is 34.3. The molecule has 4 N–H and O–H groups in total. The zero-order valence-electron chi connectivity index (χ0n) is 10.4. The molecule has 0 fully saturated rings. The highest BCUT2D eigenvalue weighted by Gasteiger charge is 2.12. The first kappa shape index (κ1) is 14.5. The van der Waals surface area contributed by atoms with E-state index in [1.54, 1.807) is 12.1 Å². The predicted octanol–water partition coefficient (Wildman–Crippen LogP) is 0.724. The number of nitrogens with two attached hydrogens (primary N) is 1. The van der Waals surface area contributed by atoms with E-state index in [0.717, 1.165) is 0 Å². The number of carboxylic acid groups (broad SMARTS) is 1. The Morgan fingerprint density at radius 2 is 1.84 bits per heavy atom. The molecule has 0 aliphatic carbocycles. The average molecular weight is 265 g/mol. The van der Waals surface area contributed by atoms with Crippen molar-refractivity contribution in [2.75, 3.05) is 18.9 Å². The lowest BCUT2D eigenvalue weighted by Gasteiger charge is -2.16. The number of carboxylic acids is 1. The lowest BCUT2D eigenvalue weighted by molar-refractivity contribution is -0.137. The highest BCUT2D eigenvalue weighted by Crippen LogP contribution is 2.11. The maximum atomic E-state index is 11.9. The Balaban J connectivity index is 2.66. The molecule has 0 saturated carbocycles. The smallest absolute Gasteiger partial charge is 0.316 e. The van der Waals surface area contributed by atoms with Crippen molar-refractivity contribution in [1.29, 1.82) is 0 Å². The lowest BCUT2D eigenvalue weighted by atomic mass is 10.2. The predicted molar refractivity (Wildman–Crippen MR) is 68.9 cm³/mol. The minimum absolute atomic E-state index is 0.108. The van der Waals surface area contributed by atoms with E-state index in [-0.39, 0.29) is 18.9 Å². The fraction of sp³-hybridized carbons (Fsp3) is 0.250. The van der Waals surface area contributed by atoms with Gasteiger partial charge < -0.3 is 21.1 Å². The molecule has 0 aromatic heterocycles. The maximum absolute atomic E-state index is 11.9. The fourth-order valence-corrected chi connectivity index (χ4v) is 1.42. The first-order chi connectivity index (χ1) is 8.90. The van der Waals surface area contributed by atoms with E-state index in [4.69, 9.17) is 10.8 Å². The van der Waals surface area contributed by atoms with Gasteiger partial charge in [-0.15, -0.1) is 0 Å². The summed E-state index contributed by atoms with van der Waals surface area (Å²) in [5.74, 6) is -1.24. The van der Waals surface area contributed by atoms with Crippen LogP contribution in [-0.2, 0) is 4.79 Å². The van der Waals surface area contributed by atoms with Crippen LogP contribution in [0.15, 0.2) is 24.3 Å². The van der Waals surface area contributed by atoms with Crippen LogP contribution < -0.4 is 11.1 Å². The molecule has 7 nitrogen and oxygen atoms in total. The summed E-state index contributed by atoms with van der Waals surface area (Å²) < 4.78 is 0. The highest BCUT2D eigenvalue weighted by atomic mass is 16.4. The Hall–Kier alpha value is -2.57. The number of primary amides is 1. The van der Waals surface area contributed by atoms with Gasteiger partial charge in [-0.3, -0.25) is 9.59 Å². The van der Waals surface area contributed by atoms with Gasteiger partial charge in [0.15, 0.2) is 0 Å². The molecule has 0 spiro atoms. The number of nitrogens with one attached hydrogen (secondary N) is 1. The molecule has 19 heavy (non-hydrogen) atoms. The van der Waals surface area contributed by atoms with Crippen LogP contribution >= 0.6 is 0 Å². The molecule has 0 aliphatic heterocycles. The summed E-state index contributed by atoms with van der Waals surface area (Å²) in [5.41, 5.74) is 5.85. The summed E-state index contributed by atoms with van der Waals surface area (Å²) in [6.07, 6.45) is -0.108. The van der Waals surface area contributed by atoms with Crippen molar-refractivity contribution in [3.8, 4) is 0 Å². The number of amides is 3. The number of rotatable bonds is 5. The van der Waals surface area contributed by atoms with E-state index in [2.05, 4.69) is 5.32 Å². The molecule has 3 amide bonds. The molecule has 0 aliphatic rings. The molecule has 0 saturated heterocycles. The van der Waals surface area contributed by atoms with Crippen molar-refractivity contribution in [2.45, 2.75) is 6.42 Å². The van der Waals surface area contributed by atoms with Gasteiger partial charge in [0.05, 0.1) is 6.42 Å². The van der Waals surface area contributed by atoms with E-state index < -0.39 is 12.0 Å². The summed E-state index contributed by atoms with van der Waals surface area (Å²) in [5, 5.41) is 10.9. The van der Waals surface area contributed by atoms with Crippen LogP contribution in [0.1, 0.15) is 16.8 Å². The summed E-state index contributed by atoms with van der Waals surface area (Å²) in [6, 6.07) is 5.47. The van der Waals surface area contributed by atoms with Crippen LogP contribution in [-0.4, -0.2) is 41.5 Å². The molecular weight excluding hydrogens is 250 g/mol. The number of carbonyl (C=O) groups is 3. The summed E-state index contributed by atoms with van der Waals surface area (Å²) in [6.45, 7) is 0.134. The molecule has 1 rings (SSSR count). The second-order valence-corrected chi connectivity index (χ2v) is 3.94. The van der Waals surface area contributed by atoms with E-state index >= 15 is 0 Å². The second-order valence-electron chi connectivity index (χ2n) is 3.94. The molecular formula is C12H15N3O4. The van der Waals surface area contributed by atoms with Crippen LogP contribution in [0.3, 0.4) is 0 Å². The molecule has 7 heteroatoms. The van der Waals surface area contributed by atoms with Crippen molar-refractivity contribution in [2.24, 2.45) is 5.73 Å². The third-order valence-corrected chi connectivity index (χ3v) is 2.41. The third kappa shape index (κ3) is 4.66. The number of aliphatic carboxylic acids is 1. The quantitative estimate of drug-likeness (QED) is 0.728. The van der Waals surface area contributed by atoms with Gasteiger partial charge in [0.1, 0.15) is 0 Å². The van der Waals surface area contributed by atoms with Crippen molar-refractivity contribution in [1.82, 2.24) is 4.90 Å². The number of nitrogens with zero attached hydrogens (tertiary/aromatic N) is 1. The Labute approximate surface area is 110 Å². The van der Waals surface area contributed by atoms with E-state index in [0.29, 0.717) is 11.3 Å². The maximum Gasteiger partial charge on any atom is 0.316 e. The Bertz CT molecular complexity index is 484. The first-order valence-electron chi connectivity index (χ1n) is 5.54. The van der Waals surface area contributed by atoms with Crippen LogP contribution in [0, 0.1) is 0 Å². The Morgan fingerprint density at radius 3 is 2.32 bits per heavy atom. The molecule has 1 aromatic rings. The molecule has 1 aromatic carbocycles. The van der Waals surface area contributed by atoms with Crippen LogP contribution in [0.4, 0.5) is 10.5 Å². The molecule has 0 bridgehead atoms. The van der Waals surface area contributed by atoms with Gasteiger partial charge in [-0.25, -0.2) is 4.79 Å². The van der Waals surface area contributed by atoms with Crippen molar-refractivity contribution in [3.63, 3.8) is 0 Å². The Morgan fingerprint density at radius 1 is 1.26 bits per heavy atom. The van der Waals surface area contributed by atoms with Gasteiger partial charge in [-0.05, 0) is 24.3 Å². The standard InChI is InChI=1S/C12H15N3O4/c1-15(7-6-10(16)17)11(18)8-2-4-9(5-3-8)14-12(13)19/h2-5H,6-7H2,1H3,(H,16,17)(H3,13,14,19). The molecule has 102 valence electrons. The zero-order valence-corrected chi connectivity index (χ0v) is 10.4. The molecule has 0 atom stereocenters. The van der Waals surface area contributed by atoms with Crippen molar-refractivity contribution < 1.29 is 19.5 Å². The minimum atomic E-state index is -0.958. The largest absolute Gasteiger partial charge is 0.481 e. The number of anilines is 1. The summed E-state index contributed by atoms with van der Waals surface area (Å²) in [7, 11) is 1.53. The Kier molecular flexibility index (Phi) is 4.87. The first-order valence-corrected chi connectivity index (χ1v) is 5.54. The number of carbonyl (C=O) groups excluding carboxylic acids is 2. The van der Waals surface area contributed by atoms with Crippen molar-refractivity contribution >= 4 is 23.6 Å². The van der Waals surface area contributed by atoms with Crippen LogP contribution in [0.5, 0.6) is 0 Å². The van der Waals surface area contributed by atoms with Gasteiger partial charge in [-0.1, -0.05) is 0 Å². The zero-order chi connectivity index (χ0) is 14.4. The van der Waals surface area contributed by atoms with Gasteiger partial charge in [0.2, 0.25) is 0 Å². The monoisotopic (exact) mass is 265 g/mol. The highest BCUT2D eigenvalue weighted by molar-refractivity contribution is 5.95. The third-order valence-electron chi connectivity index (χ3n) is 2.41. The number of hydrogen-bond acceptors (Lipinski definition) is 3. The minimum Gasteiger partial charge on any atom is -0.481 e. The topological polar surface area (TPSA) is 113 Å². The normalized spacial score (nSPS) is 9.74. The van der Waals surface area contributed by atoms with Gasteiger partial charge in [-0.2, -0.15) is 0 Å². The van der Waals surface area contributed by atoms with E-state index in [1.807, 2.05) is 0 Å². The molecule has 0 radical (unpaired) electrons. The van der Waals surface area contributed by atoms with Gasteiger partial charge in [0, 0.05) is 24.8 Å². The van der Waals surface area contributed by atoms with Gasteiger partial charge >= 0.3 is 12.0 Å². The number of benzene rings is 1. The van der Waals surface area contributed by atoms with Crippen LogP contribution in [0.25, 0.3) is 0 Å². The van der Waals surface area contributed by atoms with Gasteiger partial charge in [0.25, 0.3) is 5.91 Å². The van der Waals surface area contributed by atoms with Crippen molar-refractivity contribution in [3.05, 3.63) is 29.8 Å². The fourth-order valence-electron chi connectivity index (χ4n) is 1.42. The average Bonchev–Trinajstić information content (AvgIpc) is 2.35. The number of hydrogen-bond donors (Lipinski definition) is 3. The van der Waals surface area contributed by atoms with E-state index in [9.17, 15) is 14.4 Å². The molecule has 0 unspecified atom stereocenters. The lowest BCUT2D eigenvalue weighted by Crippen LogP contribution is -2.29. The number of urea groups is 1. The van der Waals surface area contributed by atoms with E-state index in [1.165, 1.54) is 24.1 Å².